The summed E-state index contributed by atoms with van der Waals surface area (Å²) in [6.45, 7) is 4.29. The molecular weight excluding hydrogens is 324 g/mol. The van der Waals surface area contributed by atoms with E-state index in [0.29, 0.717) is 11.7 Å². The highest BCUT2D eigenvalue weighted by atomic mass is 32.1. The molecule has 1 aliphatic heterocycles. The lowest BCUT2D eigenvalue weighted by Crippen LogP contribution is -2.47. The van der Waals surface area contributed by atoms with Crippen LogP contribution >= 0.6 is 11.3 Å². The third kappa shape index (κ3) is 4.31. The van der Waals surface area contributed by atoms with E-state index >= 15 is 0 Å². The van der Waals surface area contributed by atoms with Crippen molar-refractivity contribution in [3.05, 3.63) is 29.6 Å². The molecule has 0 radical (unpaired) electrons. The summed E-state index contributed by atoms with van der Waals surface area (Å²) in [7, 11) is 3.75. The number of benzene rings is 1. The van der Waals surface area contributed by atoms with Crippen molar-refractivity contribution in [3.8, 4) is 17.0 Å². The zero-order valence-corrected chi connectivity index (χ0v) is 14.8. The normalized spacial score (nSPS) is 16.1. The van der Waals surface area contributed by atoms with Crippen molar-refractivity contribution in [1.82, 2.24) is 14.8 Å². The number of amides is 1. The number of hydrogen-bond acceptors (Lipinski definition) is 6. The van der Waals surface area contributed by atoms with Crippen LogP contribution in [0, 0.1) is 0 Å². The molecule has 0 unspecified atom stereocenters. The number of thiazole rings is 1. The molecule has 1 N–H and O–H groups in total. The lowest BCUT2D eigenvalue weighted by Gasteiger charge is -2.31. The Morgan fingerprint density at radius 2 is 1.96 bits per heavy atom. The van der Waals surface area contributed by atoms with Crippen LogP contribution in [-0.4, -0.2) is 67.6 Å². The van der Waals surface area contributed by atoms with Gasteiger partial charge in [-0.3, -0.25) is 9.69 Å². The molecule has 0 aliphatic carbocycles. The number of carbonyl (C=O) groups is 1. The molecule has 2 heterocycles. The van der Waals surface area contributed by atoms with Crippen molar-refractivity contribution in [2.24, 2.45) is 0 Å². The summed E-state index contributed by atoms with van der Waals surface area (Å²) in [5.74, 6) is 0.810. The standard InChI is InChI=1S/C17H22N4O2S/c1-20-7-9-21(10-8-20)11-16(22)19-17-18-15(12-24-17)13-3-5-14(23-2)6-4-13/h3-6,12H,7-11H2,1-2H3,(H,18,19,22). The molecule has 1 amide bonds. The Labute approximate surface area is 146 Å². The number of hydrogen-bond donors (Lipinski definition) is 1. The number of nitrogens with one attached hydrogen (secondary N) is 1. The summed E-state index contributed by atoms with van der Waals surface area (Å²) in [5, 5.41) is 5.49. The van der Waals surface area contributed by atoms with Gasteiger partial charge in [0.2, 0.25) is 5.91 Å². The van der Waals surface area contributed by atoms with Gasteiger partial charge in [-0.1, -0.05) is 0 Å². The van der Waals surface area contributed by atoms with E-state index in [-0.39, 0.29) is 5.91 Å². The van der Waals surface area contributed by atoms with Gasteiger partial charge in [0.05, 0.1) is 19.3 Å². The lowest BCUT2D eigenvalue weighted by molar-refractivity contribution is -0.117. The maximum absolute atomic E-state index is 12.2. The summed E-state index contributed by atoms with van der Waals surface area (Å²) in [6.07, 6.45) is 0. The highest BCUT2D eigenvalue weighted by molar-refractivity contribution is 7.14. The first kappa shape index (κ1) is 16.9. The average molecular weight is 346 g/mol. The number of aromatic nitrogens is 1. The summed E-state index contributed by atoms with van der Waals surface area (Å²) in [4.78, 5) is 21.1. The first-order valence-electron chi connectivity index (χ1n) is 7.95. The van der Waals surface area contributed by atoms with E-state index in [4.69, 9.17) is 4.74 Å². The zero-order chi connectivity index (χ0) is 16.9. The van der Waals surface area contributed by atoms with Gasteiger partial charge in [-0.25, -0.2) is 4.98 Å². The van der Waals surface area contributed by atoms with Gasteiger partial charge in [0, 0.05) is 37.1 Å². The number of nitrogens with zero attached hydrogens (tertiary/aromatic N) is 3. The topological polar surface area (TPSA) is 57.7 Å². The summed E-state index contributed by atoms with van der Waals surface area (Å²) >= 11 is 1.44. The number of anilines is 1. The average Bonchev–Trinajstić information content (AvgIpc) is 3.05. The number of carbonyl (C=O) groups excluding carboxylic acids is 1. The lowest BCUT2D eigenvalue weighted by atomic mass is 10.2. The largest absolute Gasteiger partial charge is 0.497 e. The Hall–Kier alpha value is -1.96. The van der Waals surface area contributed by atoms with E-state index in [0.717, 1.165) is 43.2 Å². The van der Waals surface area contributed by atoms with Crippen molar-refractivity contribution >= 4 is 22.4 Å². The van der Waals surface area contributed by atoms with Crippen molar-refractivity contribution in [3.63, 3.8) is 0 Å². The Morgan fingerprint density at radius 3 is 2.62 bits per heavy atom. The van der Waals surface area contributed by atoms with Crippen molar-refractivity contribution in [1.29, 1.82) is 0 Å². The molecule has 0 atom stereocenters. The maximum Gasteiger partial charge on any atom is 0.240 e. The minimum absolute atomic E-state index is 0.00446. The van der Waals surface area contributed by atoms with Gasteiger partial charge in [-0.15, -0.1) is 11.3 Å². The van der Waals surface area contributed by atoms with Gasteiger partial charge in [-0.2, -0.15) is 0 Å². The fraction of sp³-hybridized carbons (Fsp3) is 0.412. The predicted molar refractivity (Wildman–Crippen MR) is 96.7 cm³/mol. The minimum atomic E-state index is -0.00446. The van der Waals surface area contributed by atoms with Gasteiger partial charge in [-0.05, 0) is 31.3 Å². The first-order valence-corrected chi connectivity index (χ1v) is 8.83. The van der Waals surface area contributed by atoms with Crippen LogP contribution in [0.1, 0.15) is 0 Å². The molecular formula is C17H22N4O2S. The van der Waals surface area contributed by atoms with E-state index in [1.54, 1.807) is 7.11 Å². The van der Waals surface area contributed by atoms with E-state index in [1.165, 1.54) is 11.3 Å². The molecule has 1 aromatic heterocycles. The molecule has 1 saturated heterocycles. The van der Waals surface area contributed by atoms with Gasteiger partial charge < -0.3 is 15.0 Å². The fourth-order valence-electron chi connectivity index (χ4n) is 2.59. The van der Waals surface area contributed by atoms with Gasteiger partial charge >= 0.3 is 0 Å². The second-order valence-electron chi connectivity index (χ2n) is 5.89. The Balaban J connectivity index is 1.56. The van der Waals surface area contributed by atoms with Crippen molar-refractivity contribution < 1.29 is 9.53 Å². The van der Waals surface area contributed by atoms with Crippen molar-refractivity contribution in [2.45, 2.75) is 0 Å². The number of methoxy groups -OCH3 is 1. The van der Waals surface area contributed by atoms with E-state index in [9.17, 15) is 4.79 Å². The fourth-order valence-corrected chi connectivity index (χ4v) is 3.33. The second kappa shape index (κ2) is 7.74. The second-order valence-corrected chi connectivity index (χ2v) is 6.75. The van der Waals surface area contributed by atoms with E-state index in [2.05, 4.69) is 27.1 Å². The summed E-state index contributed by atoms with van der Waals surface area (Å²) in [6, 6.07) is 7.73. The van der Waals surface area contributed by atoms with Crippen molar-refractivity contribution in [2.75, 3.05) is 52.2 Å². The van der Waals surface area contributed by atoms with E-state index in [1.807, 2.05) is 29.6 Å². The summed E-state index contributed by atoms with van der Waals surface area (Å²) in [5.41, 5.74) is 1.86. The number of rotatable bonds is 5. The number of ether oxygens (including phenoxy) is 1. The van der Waals surface area contributed by atoms with Crippen LogP contribution < -0.4 is 10.1 Å². The molecule has 0 spiro atoms. The smallest absolute Gasteiger partial charge is 0.240 e. The molecule has 128 valence electrons. The Bertz CT molecular complexity index is 678. The van der Waals surface area contributed by atoms with Crippen LogP contribution in [0.15, 0.2) is 29.6 Å². The predicted octanol–water partition coefficient (Wildman–Crippen LogP) is 2.00. The molecule has 1 aliphatic rings. The SMILES string of the molecule is COc1ccc(-c2csc(NC(=O)CN3CCN(C)CC3)n2)cc1. The molecule has 24 heavy (non-hydrogen) atoms. The number of likely N-dealkylation sites (N-methyl/N-ethyl adjacent to an activating group) is 1. The highest BCUT2D eigenvalue weighted by Crippen LogP contribution is 2.26. The molecule has 1 aromatic carbocycles. The van der Waals surface area contributed by atoms with Crippen LogP contribution in [0.25, 0.3) is 11.3 Å². The highest BCUT2D eigenvalue weighted by Gasteiger charge is 2.17. The van der Waals surface area contributed by atoms with Gasteiger partial charge in [0.1, 0.15) is 5.75 Å². The van der Waals surface area contributed by atoms with Gasteiger partial charge in [0.15, 0.2) is 5.13 Å². The molecule has 2 aromatic rings. The summed E-state index contributed by atoms with van der Waals surface area (Å²) < 4.78 is 5.16. The molecule has 3 rings (SSSR count). The maximum atomic E-state index is 12.2. The zero-order valence-electron chi connectivity index (χ0n) is 14.0. The molecule has 0 bridgehead atoms. The van der Waals surface area contributed by atoms with Gasteiger partial charge in [0.25, 0.3) is 0 Å². The molecule has 7 heteroatoms. The first-order chi connectivity index (χ1) is 11.6. The third-order valence-electron chi connectivity index (χ3n) is 4.10. The Kier molecular flexibility index (Phi) is 5.44. The van der Waals surface area contributed by atoms with Crippen LogP contribution in [0.4, 0.5) is 5.13 Å². The molecule has 0 saturated carbocycles. The van der Waals surface area contributed by atoms with Crippen LogP contribution in [0.5, 0.6) is 5.75 Å². The molecule has 6 nitrogen and oxygen atoms in total. The molecule has 1 fully saturated rings. The minimum Gasteiger partial charge on any atom is -0.497 e. The quantitative estimate of drug-likeness (QED) is 0.897. The Morgan fingerprint density at radius 1 is 1.25 bits per heavy atom. The van der Waals surface area contributed by atoms with Crippen LogP contribution in [0.3, 0.4) is 0 Å². The number of piperazine rings is 1. The third-order valence-corrected chi connectivity index (χ3v) is 4.86. The van der Waals surface area contributed by atoms with Crippen LogP contribution in [-0.2, 0) is 4.79 Å². The van der Waals surface area contributed by atoms with Crippen LogP contribution in [0.2, 0.25) is 0 Å². The monoisotopic (exact) mass is 346 g/mol. The van der Waals surface area contributed by atoms with E-state index < -0.39 is 0 Å².